The van der Waals surface area contributed by atoms with Crippen molar-refractivity contribution in [1.29, 1.82) is 0 Å². The van der Waals surface area contributed by atoms with Gasteiger partial charge in [-0.15, -0.1) is 0 Å². The first-order chi connectivity index (χ1) is 17.4. The second-order valence-corrected chi connectivity index (χ2v) is 9.78. The number of hydrogen-bond donors (Lipinski definition) is 1. The Bertz CT molecular complexity index is 1200. The van der Waals surface area contributed by atoms with E-state index in [1.54, 1.807) is 0 Å². The molecule has 0 spiro atoms. The Kier molecular flexibility index (Phi) is 8.08. The van der Waals surface area contributed by atoms with Crippen LogP contribution in [0.1, 0.15) is 78.3 Å². The van der Waals surface area contributed by atoms with E-state index in [0.717, 1.165) is 24.0 Å². The Hall–Kier alpha value is -3.61. The second kappa shape index (κ2) is 11.4. The molecule has 0 bridgehead atoms. The molecule has 0 fully saturated rings. The first-order valence-corrected chi connectivity index (χ1v) is 12.7. The van der Waals surface area contributed by atoms with Crippen LogP contribution in [-0.4, -0.2) is 34.8 Å². The minimum atomic E-state index is -0.257. The topological polar surface area (TPSA) is 84.7 Å². The molecular formula is C29H35N3O4. The van der Waals surface area contributed by atoms with Crippen molar-refractivity contribution < 1.29 is 18.7 Å². The van der Waals surface area contributed by atoms with Crippen LogP contribution >= 0.6 is 0 Å². The highest BCUT2D eigenvalue weighted by Crippen LogP contribution is 2.38. The number of nitrogens with zero attached hydrogens (tertiary/aromatic N) is 2. The molecule has 7 nitrogen and oxygen atoms in total. The van der Waals surface area contributed by atoms with Crippen molar-refractivity contribution in [2.45, 2.75) is 59.6 Å². The Morgan fingerprint density at radius 3 is 2.69 bits per heavy atom. The lowest BCUT2D eigenvalue weighted by Gasteiger charge is -2.38. The lowest BCUT2D eigenvalue weighted by molar-refractivity contribution is -0.134. The predicted octanol–water partition coefficient (Wildman–Crippen LogP) is 5.22. The van der Waals surface area contributed by atoms with Crippen LogP contribution in [0.15, 0.2) is 53.1 Å². The minimum Gasteiger partial charge on any atom is -0.484 e. The SMILES string of the molecule is CCCNC(=O)c1coc(COc2ccc3c(c2)[C@H](c2ccc(C)cc2)N(C(=O)CC(C)C)CC3)n1. The summed E-state index contributed by atoms with van der Waals surface area (Å²) in [6, 6.07) is 14.3. The van der Waals surface area contributed by atoms with Gasteiger partial charge in [-0.05, 0) is 54.5 Å². The van der Waals surface area contributed by atoms with Crippen LogP contribution in [0.2, 0.25) is 0 Å². The van der Waals surface area contributed by atoms with Crippen molar-refractivity contribution >= 4 is 11.8 Å². The maximum atomic E-state index is 13.2. The zero-order valence-corrected chi connectivity index (χ0v) is 21.5. The molecule has 1 aliphatic heterocycles. The number of carbonyl (C=O) groups excluding carboxylic acids is 2. The third-order valence-corrected chi connectivity index (χ3v) is 6.32. The summed E-state index contributed by atoms with van der Waals surface area (Å²) in [6.45, 7) is 9.58. The Morgan fingerprint density at radius 1 is 1.19 bits per heavy atom. The average Bonchev–Trinajstić information content (AvgIpc) is 3.34. The van der Waals surface area contributed by atoms with E-state index in [4.69, 9.17) is 9.15 Å². The lowest BCUT2D eigenvalue weighted by atomic mass is 9.87. The standard InChI is InChI=1S/C29H35N3O4/c1-5-13-30-29(34)25-17-36-26(31-25)18-35-23-11-10-21-12-14-32(27(33)15-19(2)3)28(24(21)16-23)22-8-6-20(4)7-9-22/h6-11,16-17,19,28H,5,12-15,18H2,1-4H3,(H,30,34)/t28-/m0/s1. The molecule has 2 aromatic carbocycles. The molecule has 3 aromatic rings. The molecule has 1 atom stereocenters. The molecule has 7 heteroatoms. The van der Waals surface area contributed by atoms with Gasteiger partial charge in [-0.2, -0.15) is 0 Å². The average molecular weight is 490 g/mol. The molecule has 36 heavy (non-hydrogen) atoms. The fraction of sp³-hybridized carbons (Fsp3) is 0.414. The van der Waals surface area contributed by atoms with E-state index in [1.165, 1.54) is 17.4 Å². The van der Waals surface area contributed by atoms with Gasteiger partial charge < -0.3 is 19.4 Å². The van der Waals surface area contributed by atoms with Crippen LogP contribution in [0.5, 0.6) is 5.75 Å². The highest BCUT2D eigenvalue weighted by atomic mass is 16.5. The van der Waals surface area contributed by atoms with E-state index in [0.29, 0.717) is 37.1 Å². The van der Waals surface area contributed by atoms with Gasteiger partial charge in [0.1, 0.15) is 12.0 Å². The monoisotopic (exact) mass is 489 g/mol. The summed E-state index contributed by atoms with van der Waals surface area (Å²) in [5.41, 5.74) is 4.80. The molecule has 1 aliphatic rings. The van der Waals surface area contributed by atoms with E-state index >= 15 is 0 Å². The zero-order chi connectivity index (χ0) is 25.7. The van der Waals surface area contributed by atoms with Gasteiger partial charge in [0.05, 0.1) is 6.04 Å². The summed E-state index contributed by atoms with van der Waals surface area (Å²) in [4.78, 5) is 31.6. The van der Waals surface area contributed by atoms with Crippen molar-refractivity contribution in [1.82, 2.24) is 15.2 Å². The largest absolute Gasteiger partial charge is 0.484 e. The molecule has 1 N–H and O–H groups in total. The van der Waals surface area contributed by atoms with Gasteiger partial charge >= 0.3 is 0 Å². The van der Waals surface area contributed by atoms with Gasteiger partial charge in [0.15, 0.2) is 12.3 Å². The summed E-state index contributed by atoms with van der Waals surface area (Å²) >= 11 is 0. The lowest BCUT2D eigenvalue weighted by Crippen LogP contribution is -2.41. The third-order valence-electron chi connectivity index (χ3n) is 6.32. The molecule has 0 saturated carbocycles. The first-order valence-electron chi connectivity index (χ1n) is 12.7. The van der Waals surface area contributed by atoms with Gasteiger partial charge in [0.25, 0.3) is 5.91 Å². The summed E-state index contributed by atoms with van der Waals surface area (Å²) in [5, 5.41) is 2.78. The summed E-state index contributed by atoms with van der Waals surface area (Å²) < 4.78 is 11.4. The number of nitrogens with one attached hydrogen (secondary N) is 1. The molecule has 0 unspecified atom stereocenters. The molecule has 4 rings (SSSR count). The number of ether oxygens (including phenoxy) is 1. The number of rotatable bonds is 9. The van der Waals surface area contributed by atoms with Crippen molar-refractivity contribution in [3.05, 3.63) is 82.6 Å². The molecule has 2 heterocycles. The molecule has 190 valence electrons. The number of aromatic nitrogens is 1. The molecule has 2 amide bonds. The smallest absolute Gasteiger partial charge is 0.273 e. The highest BCUT2D eigenvalue weighted by Gasteiger charge is 2.32. The second-order valence-electron chi connectivity index (χ2n) is 9.78. The normalized spacial score (nSPS) is 15.0. The Labute approximate surface area is 212 Å². The van der Waals surface area contributed by atoms with Gasteiger partial charge in [-0.25, -0.2) is 4.98 Å². The third kappa shape index (κ3) is 5.96. The summed E-state index contributed by atoms with van der Waals surface area (Å²) in [7, 11) is 0. The first kappa shape index (κ1) is 25.5. The van der Waals surface area contributed by atoms with E-state index < -0.39 is 0 Å². The molecule has 0 aliphatic carbocycles. The zero-order valence-electron chi connectivity index (χ0n) is 21.5. The number of hydrogen-bond acceptors (Lipinski definition) is 5. The van der Waals surface area contributed by atoms with Crippen molar-refractivity contribution in [3.63, 3.8) is 0 Å². The van der Waals surface area contributed by atoms with Gasteiger partial charge in [0.2, 0.25) is 11.8 Å². The fourth-order valence-electron chi connectivity index (χ4n) is 4.48. The fourth-order valence-corrected chi connectivity index (χ4v) is 4.48. The molecule has 0 saturated heterocycles. The predicted molar refractivity (Wildman–Crippen MR) is 138 cm³/mol. The number of oxazole rings is 1. The van der Waals surface area contributed by atoms with Crippen LogP contribution in [-0.2, 0) is 17.8 Å². The van der Waals surface area contributed by atoms with Crippen LogP contribution in [0, 0.1) is 12.8 Å². The highest BCUT2D eigenvalue weighted by molar-refractivity contribution is 5.91. The van der Waals surface area contributed by atoms with Crippen LogP contribution < -0.4 is 10.1 Å². The molecule has 1 aromatic heterocycles. The Balaban J connectivity index is 1.56. The van der Waals surface area contributed by atoms with Crippen LogP contribution in [0.25, 0.3) is 0 Å². The number of carbonyl (C=O) groups is 2. The van der Waals surface area contributed by atoms with Gasteiger partial charge in [-0.3, -0.25) is 9.59 Å². The van der Waals surface area contributed by atoms with Gasteiger partial charge in [0, 0.05) is 19.5 Å². The number of aryl methyl sites for hydroxylation is 1. The Morgan fingerprint density at radius 2 is 1.97 bits per heavy atom. The quantitative estimate of drug-likeness (QED) is 0.445. The number of amides is 2. The summed E-state index contributed by atoms with van der Waals surface area (Å²) in [6.07, 6.45) is 3.52. The van der Waals surface area contributed by atoms with Crippen LogP contribution in [0.3, 0.4) is 0 Å². The van der Waals surface area contributed by atoms with Crippen molar-refractivity contribution in [3.8, 4) is 5.75 Å². The summed E-state index contributed by atoms with van der Waals surface area (Å²) in [5.74, 6) is 1.20. The molecular weight excluding hydrogens is 454 g/mol. The minimum absolute atomic E-state index is 0.102. The number of benzene rings is 2. The van der Waals surface area contributed by atoms with Gasteiger partial charge in [-0.1, -0.05) is 56.7 Å². The van der Waals surface area contributed by atoms with E-state index in [2.05, 4.69) is 61.4 Å². The maximum Gasteiger partial charge on any atom is 0.273 e. The van der Waals surface area contributed by atoms with Crippen molar-refractivity contribution in [2.75, 3.05) is 13.1 Å². The number of fused-ring (bicyclic) bond motifs is 1. The maximum absolute atomic E-state index is 13.2. The van der Waals surface area contributed by atoms with E-state index in [-0.39, 0.29) is 30.2 Å². The van der Waals surface area contributed by atoms with E-state index in [1.807, 2.05) is 24.0 Å². The molecule has 0 radical (unpaired) electrons. The van der Waals surface area contributed by atoms with E-state index in [9.17, 15) is 9.59 Å². The van der Waals surface area contributed by atoms with Crippen LogP contribution in [0.4, 0.5) is 0 Å². The van der Waals surface area contributed by atoms with Crippen molar-refractivity contribution in [2.24, 2.45) is 5.92 Å².